The number of nitrogens with zero attached hydrogens (tertiary/aromatic N) is 1. The first-order valence-electron chi connectivity index (χ1n) is 9.06. The maximum absolute atomic E-state index is 12.6. The number of amides is 1. The SMILES string of the molecule is COc1ccc(S(=O)(=O)Nc2ccc(C(=O)N3CCCCCC3)cc2)cc1. The Morgan fingerprint density at radius 3 is 2.07 bits per heavy atom. The molecule has 6 nitrogen and oxygen atoms in total. The number of carbonyl (C=O) groups is 1. The van der Waals surface area contributed by atoms with Crippen LogP contribution in [0.4, 0.5) is 5.69 Å². The van der Waals surface area contributed by atoms with Crippen molar-refractivity contribution >= 4 is 21.6 Å². The summed E-state index contributed by atoms with van der Waals surface area (Å²) in [4.78, 5) is 14.6. The molecule has 0 aromatic heterocycles. The van der Waals surface area contributed by atoms with E-state index in [0.29, 0.717) is 17.0 Å². The zero-order valence-corrected chi connectivity index (χ0v) is 16.2. The zero-order valence-electron chi connectivity index (χ0n) is 15.3. The van der Waals surface area contributed by atoms with Gasteiger partial charge in [0.1, 0.15) is 5.75 Å². The molecule has 7 heteroatoms. The smallest absolute Gasteiger partial charge is 0.261 e. The van der Waals surface area contributed by atoms with E-state index in [-0.39, 0.29) is 10.8 Å². The third-order valence-electron chi connectivity index (χ3n) is 4.65. The summed E-state index contributed by atoms with van der Waals surface area (Å²) in [7, 11) is -2.17. The van der Waals surface area contributed by atoms with E-state index in [1.165, 1.54) is 19.2 Å². The number of benzene rings is 2. The van der Waals surface area contributed by atoms with Crippen LogP contribution < -0.4 is 9.46 Å². The number of hydrogen-bond acceptors (Lipinski definition) is 4. The fourth-order valence-electron chi connectivity index (χ4n) is 3.11. The molecule has 0 unspecified atom stereocenters. The van der Waals surface area contributed by atoms with Crippen LogP contribution in [0.1, 0.15) is 36.0 Å². The average Bonchev–Trinajstić information content (AvgIpc) is 2.97. The first kappa shape index (κ1) is 19.2. The van der Waals surface area contributed by atoms with Crippen molar-refractivity contribution in [1.29, 1.82) is 0 Å². The molecule has 1 aliphatic heterocycles. The molecule has 1 heterocycles. The average molecular weight is 388 g/mol. The summed E-state index contributed by atoms with van der Waals surface area (Å²) in [5, 5.41) is 0. The first-order valence-corrected chi connectivity index (χ1v) is 10.5. The molecule has 3 rings (SSSR count). The summed E-state index contributed by atoms with van der Waals surface area (Å²) in [6.07, 6.45) is 4.39. The Morgan fingerprint density at radius 1 is 0.926 bits per heavy atom. The van der Waals surface area contributed by atoms with E-state index < -0.39 is 10.0 Å². The zero-order chi connectivity index (χ0) is 19.3. The molecule has 1 amide bonds. The van der Waals surface area contributed by atoms with E-state index >= 15 is 0 Å². The molecule has 0 spiro atoms. The quantitative estimate of drug-likeness (QED) is 0.850. The van der Waals surface area contributed by atoms with Crippen LogP contribution in [0.25, 0.3) is 0 Å². The van der Waals surface area contributed by atoms with Crippen molar-refractivity contribution in [2.75, 3.05) is 24.9 Å². The molecule has 27 heavy (non-hydrogen) atoms. The second kappa shape index (κ2) is 8.43. The maximum atomic E-state index is 12.6. The van der Waals surface area contributed by atoms with Gasteiger partial charge in [0.25, 0.3) is 15.9 Å². The van der Waals surface area contributed by atoms with Gasteiger partial charge in [-0.25, -0.2) is 8.42 Å². The highest BCUT2D eigenvalue weighted by molar-refractivity contribution is 7.92. The van der Waals surface area contributed by atoms with Crippen LogP contribution in [0, 0.1) is 0 Å². The lowest BCUT2D eigenvalue weighted by Gasteiger charge is -2.20. The maximum Gasteiger partial charge on any atom is 0.261 e. The molecule has 0 atom stereocenters. The number of nitrogens with one attached hydrogen (secondary N) is 1. The van der Waals surface area contributed by atoms with Gasteiger partial charge in [-0.05, 0) is 61.4 Å². The van der Waals surface area contributed by atoms with Gasteiger partial charge in [-0.15, -0.1) is 0 Å². The Hall–Kier alpha value is -2.54. The Bertz CT molecular complexity index is 869. The van der Waals surface area contributed by atoms with Crippen molar-refractivity contribution in [3.8, 4) is 5.75 Å². The molecule has 0 aliphatic carbocycles. The molecule has 1 fully saturated rings. The summed E-state index contributed by atoms with van der Waals surface area (Å²) >= 11 is 0. The summed E-state index contributed by atoms with van der Waals surface area (Å²) in [6, 6.07) is 12.7. The minimum Gasteiger partial charge on any atom is -0.497 e. The fourth-order valence-corrected chi connectivity index (χ4v) is 4.16. The highest BCUT2D eigenvalue weighted by Crippen LogP contribution is 2.20. The number of ether oxygens (including phenoxy) is 1. The minimum absolute atomic E-state index is 0.00135. The van der Waals surface area contributed by atoms with Gasteiger partial charge in [-0.2, -0.15) is 0 Å². The van der Waals surface area contributed by atoms with Crippen LogP contribution in [-0.4, -0.2) is 39.4 Å². The molecule has 2 aromatic rings. The molecule has 1 N–H and O–H groups in total. The van der Waals surface area contributed by atoms with Crippen LogP contribution in [0.3, 0.4) is 0 Å². The van der Waals surface area contributed by atoms with Gasteiger partial charge < -0.3 is 9.64 Å². The number of sulfonamides is 1. The van der Waals surface area contributed by atoms with Gasteiger partial charge >= 0.3 is 0 Å². The summed E-state index contributed by atoms with van der Waals surface area (Å²) in [5.41, 5.74) is 0.988. The van der Waals surface area contributed by atoms with Gasteiger partial charge in [0.2, 0.25) is 0 Å². The molecule has 0 saturated carbocycles. The molecule has 1 saturated heterocycles. The lowest BCUT2D eigenvalue weighted by Crippen LogP contribution is -2.31. The third kappa shape index (κ3) is 4.80. The van der Waals surface area contributed by atoms with E-state index in [1.54, 1.807) is 36.4 Å². The standard InChI is InChI=1S/C20H24N2O4S/c1-26-18-10-12-19(13-11-18)27(24,25)21-17-8-6-16(7-9-17)20(23)22-14-4-2-3-5-15-22/h6-13,21H,2-5,14-15H2,1H3. The van der Waals surface area contributed by atoms with E-state index in [2.05, 4.69) is 4.72 Å². The number of anilines is 1. The van der Waals surface area contributed by atoms with E-state index in [4.69, 9.17) is 4.74 Å². The van der Waals surface area contributed by atoms with Crippen molar-refractivity contribution in [2.24, 2.45) is 0 Å². The van der Waals surface area contributed by atoms with Crippen LogP contribution in [0.15, 0.2) is 53.4 Å². The number of methoxy groups -OCH3 is 1. The van der Waals surface area contributed by atoms with Gasteiger partial charge in [-0.3, -0.25) is 9.52 Å². The second-order valence-electron chi connectivity index (χ2n) is 6.56. The Kier molecular flexibility index (Phi) is 6.01. The van der Waals surface area contributed by atoms with Crippen LogP contribution in [0.2, 0.25) is 0 Å². The van der Waals surface area contributed by atoms with Crippen molar-refractivity contribution in [2.45, 2.75) is 30.6 Å². The predicted octanol–water partition coefficient (Wildman–Crippen LogP) is 3.51. The molecule has 0 radical (unpaired) electrons. The largest absolute Gasteiger partial charge is 0.497 e. The topological polar surface area (TPSA) is 75.7 Å². The monoisotopic (exact) mass is 388 g/mol. The molecule has 2 aromatic carbocycles. The van der Waals surface area contributed by atoms with Gasteiger partial charge in [-0.1, -0.05) is 12.8 Å². The fraction of sp³-hybridized carbons (Fsp3) is 0.350. The summed E-state index contributed by atoms with van der Waals surface area (Å²) < 4.78 is 32.5. The highest BCUT2D eigenvalue weighted by atomic mass is 32.2. The number of likely N-dealkylation sites (tertiary alicyclic amines) is 1. The first-order chi connectivity index (χ1) is 13.0. The third-order valence-corrected chi connectivity index (χ3v) is 6.04. The Morgan fingerprint density at radius 2 is 1.52 bits per heavy atom. The van der Waals surface area contributed by atoms with Crippen LogP contribution in [-0.2, 0) is 10.0 Å². The van der Waals surface area contributed by atoms with Gasteiger partial charge in [0.05, 0.1) is 12.0 Å². The lowest BCUT2D eigenvalue weighted by molar-refractivity contribution is 0.0761. The Balaban J connectivity index is 1.70. The number of carbonyl (C=O) groups excluding carboxylic acids is 1. The lowest BCUT2D eigenvalue weighted by atomic mass is 10.2. The van der Waals surface area contributed by atoms with E-state index in [1.807, 2.05) is 4.90 Å². The molecule has 144 valence electrons. The van der Waals surface area contributed by atoms with Crippen LogP contribution in [0.5, 0.6) is 5.75 Å². The Labute approximate surface area is 160 Å². The summed E-state index contributed by atoms with van der Waals surface area (Å²) in [5.74, 6) is 0.590. The summed E-state index contributed by atoms with van der Waals surface area (Å²) in [6.45, 7) is 1.56. The van der Waals surface area contributed by atoms with Gasteiger partial charge in [0.15, 0.2) is 0 Å². The van der Waals surface area contributed by atoms with Crippen molar-refractivity contribution < 1.29 is 17.9 Å². The number of hydrogen-bond donors (Lipinski definition) is 1. The number of rotatable bonds is 5. The molecule has 0 bridgehead atoms. The van der Waals surface area contributed by atoms with E-state index in [0.717, 1.165) is 38.8 Å². The molecular formula is C20H24N2O4S. The second-order valence-corrected chi connectivity index (χ2v) is 8.25. The van der Waals surface area contributed by atoms with Crippen molar-refractivity contribution in [3.63, 3.8) is 0 Å². The van der Waals surface area contributed by atoms with Crippen molar-refractivity contribution in [3.05, 3.63) is 54.1 Å². The molecular weight excluding hydrogens is 364 g/mol. The molecule has 1 aliphatic rings. The van der Waals surface area contributed by atoms with Gasteiger partial charge in [0, 0.05) is 24.3 Å². The minimum atomic E-state index is -3.70. The van der Waals surface area contributed by atoms with Crippen LogP contribution >= 0.6 is 0 Å². The predicted molar refractivity (Wildman–Crippen MR) is 105 cm³/mol. The van der Waals surface area contributed by atoms with E-state index in [9.17, 15) is 13.2 Å². The highest BCUT2D eigenvalue weighted by Gasteiger charge is 2.18. The van der Waals surface area contributed by atoms with Crippen molar-refractivity contribution in [1.82, 2.24) is 4.90 Å². The normalized spacial score (nSPS) is 15.1.